The van der Waals surface area contributed by atoms with Gasteiger partial charge in [-0.2, -0.15) is 0 Å². The number of hydrogen-bond acceptors (Lipinski definition) is 4. The third-order valence-electron chi connectivity index (χ3n) is 4.14. The van der Waals surface area contributed by atoms with Gasteiger partial charge in [0, 0.05) is 44.8 Å². The molecule has 1 fully saturated rings. The maximum atomic E-state index is 12.2. The average Bonchev–Trinajstić information content (AvgIpc) is 3.17. The zero-order valence-corrected chi connectivity index (χ0v) is 13.5. The Morgan fingerprint density at radius 2 is 1.75 bits per heavy atom. The van der Waals surface area contributed by atoms with Crippen LogP contribution in [0.15, 0.2) is 53.1 Å². The van der Waals surface area contributed by atoms with Gasteiger partial charge in [0.25, 0.3) is 11.8 Å². The molecular weight excluding hydrogens is 306 g/mol. The van der Waals surface area contributed by atoms with Crippen LogP contribution in [0.3, 0.4) is 0 Å². The molecule has 1 aromatic carbocycles. The number of carbonyl (C=O) groups excluding carboxylic acids is 2. The van der Waals surface area contributed by atoms with E-state index in [0.29, 0.717) is 31.0 Å². The van der Waals surface area contributed by atoms with Crippen molar-refractivity contribution in [2.75, 3.05) is 39.3 Å². The Morgan fingerprint density at radius 3 is 2.42 bits per heavy atom. The fraction of sp³-hybridized carbons (Fsp3) is 0.333. The van der Waals surface area contributed by atoms with Gasteiger partial charge in [-0.05, 0) is 24.3 Å². The summed E-state index contributed by atoms with van der Waals surface area (Å²) < 4.78 is 5.16. The van der Waals surface area contributed by atoms with E-state index < -0.39 is 0 Å². The van der Waals surface area contributed by atoms with Gasteiger partial charge in [-0.1, -0.05) is 18.2 Å². The minimum atomic E-state index is -0.0583. The zero-order chi connectivity index (χ0) is 16.8. The van der Waals surface area contributed by atoms with Crippen molar-refractivity contribution in [1.82, 2.24) is 15.1 Å². The molecule has 0 unspecified atom stereocenters. The molecule has 126 valence electrons. The van der Waals surface area contributed by atoms with Gasteiger partial charge < -0.3 is 14.6 Å². The van der Waals surface area contributed by atoms with Gasteiger partial charge in [0.05, 0.1) is 6.26 Å². The predicted molar refractivity (Wildman–Crippen MR) is 89.8 cm³/mol. The molecule has 6 heteroatoms. The molecule has 0 saturated carbocycles. The summed E-state index contributed by atoms with van der Waals surface area (Å²) in [6.07, 6.45) is 1.51. The van der Waals surface area contributed by atoms with Crippen molar-refractivity contribution in [3.8, 4) is 0 Å². The van der Waals surface area contributed by atoms with E-state index in [4.69, 9.17) is 4.42 Å². The summed E-state index contributed by atoms with van der Waals surface area (Å²) in [6.45, 7) is 4.32. The molecule has 1 aromatic heterocycles. The van der Waals surface area contributed by atoms with E-state index in [1.54, 1.807) is 29.2 Å². The lowest BCUT2D eigenvalue weighted by Gasteiger charge is -2.34. The van der Waals surface area contributed by atoms with E-state index in [1.807, 2.05) is 18.2 Å². The normalized spacial score (nSPS) is 15.2. The van der Waals surface area contributed by atoms with Crippen molar-refractivity contribution in [3.63, 3.8) is 0 Å². The van der Waals surface area contributed by atoms with Crippen LogP contribution in [0.1, 0.15) is 20.9 Å². The van der Waals surface area contributed by atoms with E-state index in [1.165, 1.54) is 6.26 Å². The van der Waals surface area contributed by atoms with Crippen LogP contribution in [0.25, 0.3) is 0 Å². The number of nitrogens with one attached hydrogen (secondary N) is 1. The highest BCUT2D eigenvalue weighted by Gasteiger charge is 2.23. The van der Waals surface area contributed by atoms with E-state index >= 15 is 0 Å². The lowest BCUT2D eigenvalue weighted by atomic mass is 10.2. The van der Waals surface area contributed by atoms with Crippen molar-refractivity contribution >= 4 is 11.8 Å². The van der Waals surface area contributed by atoms with Crippen LogP contribution < -0.4 is 5.32 Å². The Kier molecular flexibility index (Phi) is 5.28. The fourth-order valence-corrected chi connectivity index (χ4v) is 2.75. The summed E-state index contributed by atoms with van der Waals surface area (Å²) in [5.74, 6) is 0.276. The highest BCUT2D eigenvalue weighted by atomic mass is 16.3. The second kappa shape index (κ2) is 7.79. The third kappa shape index (κ3) is 4.02. The molecule has 1 N–H and O–H groups in total. The monoisotopic (exact) mass is 327 g/mol. The highest BCUT2D eigenvalue weighted by molar-refractivity contribution is 5.94. The van der Waals surface area contributed by atoms with Crippen LogP contribution in [-0.2, 0) is 0 Å². The summed E-state index contributed by atoms with van der Waals surface area (Å²) in [5.41, 5.74) is 0.673. The van der Waals surface area contributed by atoms with Crippen LogP contribution in [0.5, 0.6) is 0 Å². The van der Waals surface area contributed by atoms with Crippen molar-refractivity contribution < 1.29 is 14.0 Å². The summed E-state index contributed by atoms with van der Waals surface area (Å²) in [4.78, 5) is 28.2. The number of piperazine rings is 1. The zero-order valence-electron chi connectivity index (χ0n) is 13.5. The van der Waals surface area contributed by atoms with Gasteiger partial charge in [0.15, 0.2) is 5.76 Å². The van der Waals surface area contributed by atoms with Crippen LogP contribution >= 0.6 is 0 Å². The van der Waals surface area contributed by atoms with Gasteiger partial charge in [-0.3, -0.25) is 14.5 Å². The molecule has 0 radical (unpaired) electrons. The van der Waals surface area contributed by atoms with Crippen LogP contribution in [0.4, 0.5) is 0 Å². The minimum absolute atomic E-state index is 0.0535. The van der Waals surface area contributed by atoms with E-state index in [0.717, 1.165) is 19.6 Å². The molecule has 0 spiro atoms. The topological polar surface area (TPSA) is 65.8 Å². The van der Waals surface area contributed by atoms with Crippen molar-refractivity contribution in [3.05, 3.63) is 60.1 Å². The van der Waals surface area contributed by atoms with E-state index in [-0.39, 0.29) is 11.8 Å². The lowest BCUT2D eigenvalue weighted by molar-refractivity contribution is 0.0607. The first-order chi connectivity index (χ1) is 11.7. The Bertz CT molecular complexity index is 662. The van der Waals surface area contributed by atoms with Crippen LogP contribution in [0, 0.1) is 0 Å². The number of rotatable bonds is 5. The molecule has 0 aliphatic carbocycles. The number of benzene rings is 1. The van der Waals surface area contributed by atoms with Gasteiger partial charge in [0.1, 0.15) is 0 Å². The molecule has 0 atom stereocenters. The molecule has 3 rings (SSSR count). The smallest absolute Gasteiger partial charge is 0.289 e. The van der Waals surface area contributed by atoms with Gasteiger partial charge in [-0.25, -0.2) is 0 Å². The number of hydrogen-bond donors (Lipinski definition) is 1. The molecule has 1 saturated heterocycles. The Balaban J connectivity index is 1.38. The lowest BCUT2D eigenvalue weighted by Crippen LogP contribution is -2.50. The maximum Gasteiger partial charge on any atom is 0.289 e. The molecule has 24 heavy (non-hydrogen) atoms. The highest BCUT2D eigenvalue weighted by Crippen LogP contribution is 2.09. The van der Waals surface area contributed by atoms with E-state index in [2.05, 4.69) is 10.2 Å². The van der Waals surface area contributed by atoms with Crippen molar-refractivity contribution in [2.45, 2.75) is 0 Å². The molecule has 1 aliphatic rings. The molecule has 2 amide bonds. The van der Waals surface area contributed by atoms with Crippen molar-refractivity contribution in [1.29, 1.82) is 0 Å². The SMILES string of the molecule is O=C(NCCN1CCN(C(=O)c2ccco2)CC1)c1ccccc1. The first-order valence-electron chi connectivity index (χ1n) is 8.12. The second-order valence-electron chi connectivity index (χ2n) is 5.73. The average molecular weight is 327 g/mol. The second-order valence-corrected chi connectivity index (χ2v) is 5.73. The summed E-state index contributed by atoms with van der Waals surface area (Å²) in [7, 11) is 0. The maximum absolute atomic E-state index is 12.2. The Hall–Kier alpha value is -2.60. The van der Waals surface area contributed by atoms with Gasteiger partial charge in [0.2, 0.25) is 0 Å². The van der Waals surface area contributed by atoms with Crippen LogP contribution in [-0.4, -0.2) is 60.9 Å². The third-order valence-corrected chi connectivity index (χ3v) is 4.14. The Labute approximate surface area is 141 Å². The summed E-state index contributed by atoms with van der Waals surface area (Å²) in [6, 6.07) is 12.6. The molecule has 2 aromatic rings. The molecule has 0 bridgehead atoms. The van der Waals surface area contributed by atoms with E-state index in [9.17, 15) is 9.59 Å². The van der Waals surface area contributed by atoms with Gasteiger partial charge >= 0.3 is 0 Å². The van der Waals surface area contributed by atoms with Crippen molar-refractivity contribution in [2.24, 2.45) is 0 Å². The fourth-order valence-electron chi connectivity index (χ4n) is 2.75. The molecule has 2 heterocycles. The molecular formula is C18H21N3O3. The minimum Gasteiger partial charge on any atom is -0.459 e. The molecule has 1 aliphatic heterocycles. The predicted octanol–water partition coefficient (Wildman–Crippen LogP) is 1.47. The first-order valence-corrected chi connectivity index (χ1v) is 8.12. The number of nitrogens with zero attached hydrogens (tertiary/aromatic N) is 2. The quantitative estimate of drug-likeness (QED) is 0.903. The molecule has 6 nitrogen and oxygen atoms in total. The largest absolute Gasteiger partial charge is 0.459 e. The number of amides is 2. The van der Waals surface area contributed by atoms with Gasteiger partial charge in [-0.15, -0.1) is 0 Å². The summed E-state index contributed by atoms with van der Waals surface area (Å²) >= 11 is 0. The van der Waals surface area contributed by atoms with Crippen LogP contribution in [0.2, 0.25) is 0 Å². The summed E-state index contributed by atoms with van der Waals surface area (Å²) in [5, 5.41) is 2.93. The number of furan rings is 1. The number of carbonyl (C=O) groups is 2. The Morgan fingerprint density at radius 1 is 1.00 bits per heavy atom. The standard InChI is InChI=1S/C18H21N3O3/c22-17(15-5-2-1-3-6-15)19-8-9-20-10-12-21(13-11-20)18(23)16-7-4-14-24-16/h1-7,14H,8-13H2,(H,19,22). The first kappa shape index (κ1) is 16.3.